The van der Waals surface area contributed by atoms with Crippen LogP contribution in [0.1, 0.15) is 30.1 Å². The lowest BCUT2D eigenvalue weighted by Gasteiger charge is -2.32. The molecule has 0 radical (unpaired) electrons. The molecule has 1 N–H and O–H groups in total. The Labute approximate surface area is 105 Å². The highest BCUT2D eigenvalue weighted by Crippen LogP contribution is 2.26. The van der Waals surface area contributed by atoms with Crippen molar-refractivity contribution in [1.29, 1.82) is 0 Å². The molecule has 1 atom stereocenters. The molecule has 1 aromatic rings. The van der Waals surface area contributed by atoms with E-state index >= 15 is 0 Å². The Kier molecular flexibility index (Phi) is 3.52. The van der Waals surface area contributed by atoms with E-state index in [-0.39, 0.29) is 5.56 Å². The Morgan fingerprint density at radius 3 is 3.00 bits per heavy atom. The molecule has 17 heavy (non-hydrogen) atoms. The van der Waals surface area contributed by atoms with Gasteiger partial charge in [-0.15, -0.1) is 0 Å². The van der Waals surface area contributed by atoms with E-state index in [9.17, 15) is 4.79 Å². The van der Waals surface area contributed by atoms with Crippen molar-refractivity contribution in [1.82, 2.24) is 4.98 Å². The summed E-state index contributed by atoms with van der Waals surface area (Å²) in [7, 11) is 0. The highest BCUT2D eigenvalue weighted by Gasteiger charge is 2.22. The van der Waals surface area contributed by atoms with Crippen molar-refractivity contribution in [3.05, 3.63) is 22.8 Å². The lowest BCUT2D eigenvalue weighted by Crippen LogP contribution is -2.35. The number of carbonyl (C=O) groups is 1. The van der Waals surface area contributed by atoms with Crippen LogP contribution < -0.4 is 4.90 Å². The molecule has 0 aromatic carbocycles. The number of carboxylic acid groups (broad SMARTS) is 1. The Hall–Kier alpha value is -1.29. The number of aromatic nitrogens is 1. The minimum atomic E-state index is -0.956. The normalized spacial score (nSPS) is 20.4. The lowest BCUT2D eigenvalue weighted by atomic mass is 10.00. The smallest absolute Gasteiger partial charge is 0.339 e. The fourth-order valence-corrected chi connectivity index (χ4v) is 2.36. The SMILES string of the molecule is CC1CCCN(c2nc(Cl)ccc2C(=O)O)C1. The van der Waals surface area contributed by atoms with Crippen LogP contribution in [0, 0.1) is 5.92 Å². The second-order valence-electron chi connectivity index (χ2n) is 4.50. The summed E-state index contributed by atoms with van der Waals surface area (Å²) in [4.78, 5) is 17.3. The first-order valence-corrected chi connectivity index (χ1v) is 6.10. The fraction of sp³-hybridized carbons (Fsp3) is 0.500. The van der Waals surface area contributed by atoms with Crippen LogP contribution in [0.4, 0.5) is 5.82 Å². The number of piperidine rings is 1. The number of hydrogen-bond donors (Lipinski definition) is 1. The number of aromatic carboxylic acids is 1. The summed E-state index contributed by atoms with van der Waals surface area (Å²) >= 11 is 5.85. The molecule has 1 aliphatic rings. The standard InChI is InChI=1S/C12H15ClN2O2/c1-8-3-2-6-15(7-8)11-9(12(16)17)4-5-10(13)14-11/h4-5,8H,2-3,6-7H2,1H3,(H,16,17). The number of nitrogens with zero attached hydrogens (tertiary/aromatic N) is 2. The van der Waals surface area contributed by atoms with Gasteiger partial charge in [-0.3, -0.25) is 0 Å². The van der Waals surface area contributed by atoms with Gasteiger partial charge in [0.15, 0.2) is 0 Å². The molecule has 0 amide bonds. The average Bonchev–Trinajstić information content (AvgIpc) is 2.28. The molecular weight excluding hydrogens is 240 g/mol. The first-order valence-electron chi connectivity index (χ1n) is 5.72. The zero-order chi connectivity index (χ0) is 12.4. The van der Waals surface area contributed by atoms with Crippen LogP contribution in [0.3, 0.4) is 0 Å². The van der Waals surface area contributed by atoms with Crippen LogP contribution in [-0.4, -0.2) is 29.1 Å². The Morgan fingerprint density at radius 2 is 2.35 bits per heavy atom. The topological polar surface area (TPSA) is 53.4 Å². The van der Waals surface area contributed by atoms with Gasteiger partial charge in [0, 0.05) is 13.1 Å². The molecule has 4 nitrogen and oxygen atoms in total. The Balaban J connectivity index is 2.35. The minimum absolute atomic E-state index is 0.225. The van der Waals surface area contributed by atoms with E-state index < -0.39 is 5.97 Å². The summed E-state index contributed by atoms with van der Waals surface area (Å²) in [6.07, 6.45) is 2.24. The molecule has 1 aliphatic heterocycles. The molecule has 0 bridgehead atoms. The summed E-state index contributed by atoms with van der Waals surface area (Å²) in [5, 5.41) is 9.48. The molecule has 2 heterocycles. The number of carboxylic acids is 1. The van der Waals surface area contributed by atoms with E-state index in [1.807, 2.05) is 4.90 Å². The predicted octanol–water partition coefficient (Wildman–Crippen LogP) is 2.67. The summed E-state index contributed by atoms with van der Waals surface area (Å²) in [5.74, 6) is 0.102. The average molecular weight is 255 g/mol. The molecule has 1 aromatic heterocycles. The van der Waals surface area contributed by atoms with E-state index in [0.717, 1.165) is 19.5 Å². The van der Waals surface area contributed by atoms with Gasteiger partial charge in [0.2, 0.25) is 0 Å². The highest BCUT2D eigenvalue weighted by molar-refractivity contribution is 6.29. The zero-order valence-electron chi connectivity index (χ0n) is 9.69. The van der Waals surface area contributed by atoms with Gasteiger partial charge in [0.1, 0.15) is 16.5 Å². The second kappa shape index (κ2) is 4.92. The van der Waals surface area contributed by atoms with Crippen molar-refractivity contribution in [2.45, 2.75) is 19.8 Å². The maximum Gasteiger partial charge on any atom is 0.339 e. The van der Waals surface area contributed by atoms with Gasteiger partial charge in [0.25, 0.3) is 0 Å². The fourth-order valence-electron chi connectivity index (χ4n) is 2.22. The molecule has 2 rings (SSSR count). The van der Waals surface area contributed by atoms with Crippen molar-refractivity contribution >= 4 is 23.4 Å². The minimum Gasteiger partial charge on any atom is -0.478 e. The third-order valence-corrected chi connectivity index (χ3v) is 3.24. The van der Waals surface area contributed by atoms with Crippen LogP contribution in [0.2, 0.25) is 5.15 Å². The van der Waals surface area contributed by atoms with E-state index in [2.05, 4.69) is 11.9 Å². The lowest BCUT2D eigenvalue weighted by molar-refractivity contribution is 0.0697. The van der Waals surface area contributed by atoms with Crippen molar-refractivity contribution in [2.24, 2.45) is 5.92 Å². The molecule has 1 fully saturated rings. The molecule has 92 valence electrons. The molecular formula is C12H15ClN2O2. The van der Waals surface area contributed by atoms with Crippen LogP contribution in [0.15, 0.2) is 12.1 Å². The molecule has 5 heteroatoms. The van der Waals surface area contributed by atoms with E-state index in [4.69, 9.17) is 16.7 Å². The summed E-state index contributed by atoms with van der Waals surface area (Å²) in [6, 6.07) is 3.04. The van der Waals surface area contributed by atoms with E-state index in [0.29, 0.717) is 16.9 Å². The second-order valence-corrected chi connectivity index (χ2v) is 4.89. The molecule has 0 spiro atoms. The maximum atomic E-state index is 11.1. The van der Waals surface area contributed by atoms with Gasteiger partial charge in [-0.25, -0.2) is 9.78 Å². The van der Waals surface area contributed by atoms with Crippen molar-refractivity contribution in [3.8, 4) is 0 Å². The Morgan fingerprint density at radius 1 is 1.59 bits per heavy atom. The third-order valence-electron chi connectivity index (χ3n) is 3.03. The number of halogens is 1. The van der Waals surface area contributed by atoms with Gasteiger partial charge in [-0.1, -0.05) is 18.5 Å². The summed E-state index contributed by atoms with van der Waals surface area (Å²) < 4.78 is 0. The first kappa shape index (κ1) is 12.2. The molecule has 0 aliphatic carbocycles. The largest absolute Gasteiger partial charge is 0.478 e. The van der Waals surface area contributed by atoms with Crippen LogP contribution >= 0.6 is 11.6 Å². The molecule has 1 saturated heterocycles. The van der Waals surface area contributed by atoms with E-state index in [1.165, 1.54) is 18.6 Å². The molecule has 1 unspecified atom stereocenters. The number of anilines is 1. The van der Waals surface area contributed by atoms with Crippen molar-refractivity contribution in [3.63, 3.8) is 0 Å². The number of hydrogen-bond acceptors (Lipinski definition) is 3. The van der Waals surface area contributed by atoms with Gasteiger partial charge < -0.3 is 10.0 Å². The number of rotatable bonds is 2. The van der Waals surface area contributed by atoms with Gasteiger partial charge in [-0.2, -0.15) is 0 Å². The van der Waals surface area contributed by atoms with Crippen LogP contribution in [0.5, 0.6) is 0 Å². The number of pyridine rings is 1. The van der Waals surface area contributed by atoms with Gasteiger partial charge >= 0.3 is 5.97 Å². The van der Waals surface area contributed by atoms with Crippen LogP contribution in [-0.2, 0) is 0 Å². The molecule has 0 saturated carbocycles. The van der Waals surface area contributed by atoms with Crippen molar-refractivity contribution in [2.75, 3.05) is 18.0 Å². The summed E-state index contributed by atoms with van der Waals surface area (Å²) in [5.41, 5.74) is 0.225. The quantitative estimate of drug-likeness (QED) is 0.825. The highest BCUT2D eigenvalue weighted by atomic mass is 35.5. The van der Waals surface area contributed by atoms with Crippen molar-refractivity contribution < 1.29 is 9.90 Å². The Bertz CT molecular complexity index is 437. The van der Waals surface area contributed by atoms with Gasteiger partial charge in [-0.05, 0) is 30.9 Å². The summed E-state index contributed by atoms with van der Waals surface area (Å²) in [6.45, 7) is 3.85. The third kappa shape index (κ3) is 2.69. The van der Waals surface area contributed by atoms with Gasteiger partial charge in [0.05, 0.1) is 0 Å². The maximum absolute atomic E-state index is 11.1. The predicted molar refractivity (Wildman–Crippen MR) is 66.8 cm³/mol. The van der Waals surface area contributed by atoms with Crippen LogP contribution in [0.25, 0.3) is 0 Å². The zero-order valence-corrected chi connectivity index (χ0v) is 10.4. The monoisotopic (exact) mass is 254 g/mol. The first-order chi connectivity index (χ1) is 8.08. The van der Waals surface area contributed by atoms with E-state index in [1.54, 1.807) is 0 Å².